The van der Waals surface area contributed by atoms with Gasteiger partial charge in [-0.05, 0) is 31.2 Å². The predicted molar refractivity (Wildman–Crippen MR) is 70.3 cm³/mol. The van der Waals surface area contributed by atoms with E-state index in [0.717, 1.165) is 18.9 Å². The number of hydrogen-bond acceptors (Lipinski definition) is 3. The van der Waals surface area contributed by atoms with E-state index >= 15 is 0 Å². The number of carbonyl (C=O) groups excluding carboxylic acids is 2. The zero-order valence-electron chi connectivity index (χ0n) is 10.5. The van der Waals surface area contributed by atoms with Crippen LogP contribution in [0.1, 0.15) is 35.2 Å². The van der Waals surface area contributed by atoms with Crippen molar-refractivity contribution in [2.24, 2.45) is 5.92 Å². The van der Waals surface area contributed by atoms with Gasteiger partial charge in [0.1, 0.15) is 5.78 Å². The van der Waals surface area contributed by atoms with Crippen molar-refractivity contribution in [3.63, 3.8) is 0 Å². The van der Waals surface area contributed by atoms with Crippen LogP contribution < -0.4 is 0 Å². The first-order valence-corrected chi connectivity index (χ1v) is 7.45. The molecule has 0 saturated heterocycles. The topological polar surface area (TPSA) is 34.1 Å². The molecule has 1 fully saturated rings. The molecule has 1 aromatic carbocycles. The molecule has 2 rings (SSSR count). The van der Waals surface area contributed by atoms with E-state index < -0.39 is 17.4 Å². The molecule has 1 aliphatic carbocycles. The number of ketones is 2. The van der Waals surface area contributed by atoms with Crippen LogP contribution >= 0.6 is 11.8 Å². The van der Waals surface area contributed by atoms with Crippen molar-refractivity contribution in [2.45, 2.75) is 25.0 Å². The molecule has 5 heteroatoms. The molecule has 0 bridgehead atoms. The van der Waals surface area contributed by atoms with Gasteiger partial charge in [0.25, 0.3) is 0 Å². The average molecular weight is 284 g/mol. The van der Waals surface area contributed by atoms with Crippen LogP contribution in [0.2, 0.25) is 0 Å². The molecular weight excluding hydrogens is 270 g/mol. The molecule has 0 amide bonds. The summed E-state index contributed by atoms with van der Waals surface area (Å²) in [4.78, 5) is 23.6. The van der Waals surface area contributed by atoms with Gasteiger partial charge in [-0.1, -0.05) is 0 Å². The SMILES string of the molecule is CSCc1c(C(=O)CC(=O)C2CC2)ccc(F)c1F. The number of halogens is 2. The van der Waals surface area contributed by atoms with Gasteiger partial charge in [0, 0.05) is 22.8 Å². The highest BCUT2D eigenvalue weighted by Gasteiger charge is 2.31. The molecule has 0 heterocycles. The van der Waals surface area contributed by atoms with Crippen molar-refractivity contribution in [2.75, 3.05) is 6.26 Å². The van der Waals surface area contributed by atoms with Crippen molar-refractivity contribution in [1.82, 2.24) is 0 Å². The highest BCUT2D eigenvalue weighted by molar-refractivity contribution is 7.97. The fourth-order valence-electron chi connectivity index (χ4n) is 1.94. The summed E-state index contributed by atoms with van der Waals surface area (Å²) in [5.41, 5.74) is 0.184. The molecule has 0 spiro atoms. The van der Waals surface area contributed by atoms with E-state index in [2.05, 4.69) is 0 Å². The smallest absolute Gasteiger partial charge is 0.170 e. The van der Waals surface area contributed by atoms with Crippen LogP contribution in [0.3, 0.4) is 0 Å². The minimum atomic E-state index is -0.987. The van der Waals surface area contributed by atoms with E-state index in [-0.39, 0.29) is 35.0 Å². The summed E-state index contributed by atoms with van der Waals surface area (Å²) in [6, 6.07) is 2.21. The van der Waals surface area contributed by atoms with Crippen molar-refractivity contribution in [1.29, 1.82) is 0 Å². The Kier molecular flexibility index (Phi) is 4.34. The summed E-state index contributed by atoms with van der Waals surface area (Å²) in [6.45, 7) is 0. The van der Waals surface area contributed by atoms with Crippen molar-refractivity contribution < 1.29 is 18.4 Å². The van der Waals surface area contributed by atoms with Crippen LogP contribution in [0.4, 0.5) is 8.78 Å². The zero-order valence-corrected chi connectivity index (χ0v) is 11.4. The van der Waals surface area contributed by atoms with Gasteiger partial charge in [0.05, 0.1) is 6.42 Å². The van der Waals surface area contributed by atoms with Crippen molar-refractivity contribution >= 4 is 23.3 Å². The minimum absolute atomic E-state index is 0.00162. The van der Waals surface area contributed by atoms with Gasteiger partial charge in [-0.25, -0.2) is 8.78 Å². The normalized spacial score (nSPS) is 14.5. The molecule has 0 radical (unpaired) electrons. The van der Waals surface area contributed by atoms with Gasteiger partial charge in [-0.15, -0.1) is 0 Å². The predicted octanol–water partition coefficient (Wildman–Crippen LogP) is 3.38. The van der Waals surface area contributed by atoms with Gasteiger partial charge in [0.2, 0.25) is 0 Å². The molecule has 2 nitrogen and oxygen atoms in total. The third-order valence-corrected chi connectivity index (χ3v) is 3.73. The first-order valence-electron chi connectivity index (χ1n) is 6.06. The maximum absolute atomic E-state index is 13.7. The third kappa shape index (κ3) is 3.21. The molecule has 0 aromatic heterocycles. The van der Waals surface area contributed by atoms with Crippen LogP contribution in [0.15, 0.2) is 12.1 Å². The molecule has 19 heavy (non-hydrogen) atoms. The number of Topliss-reactive ketones (excluding diaryl/α,β-unsaturated/α-hetero) is 2. The fourth-order valence-corrected chi connectivity index (χ4v) is 2.51. The molecule has 1 saturated carbocycles. The van der Waals surface area contributed by atoms with Crippen molar-refractivity contribution in [3.8, 4) is 0 Å². The second-order valence-corrected chi connectivity index (χ2v) is 5.53. The summed E-state index contributed by atoms with van der Waals surface area (Å²) >= 11 is 1.30. The maximum atomic E-state index is 13.7. The molecule has 1 aromatic rings. The van der Waals surface area contributed by atoms with E-state index in [1.54, 1.807) is 6.26 Å². The largest absolute Gasteiger partial charge is 0.299 e. The maximum Gasteiger partial charge on any atom is 0.170 e. The van der Waals surface area contributed by atoms with E-state index in [1.807, 2.05) is 0 Å². The molecule has 0 unspecified atom stereocenters. The van der Waals surface area contributed by atoms with Gasteiger partial charge in [-0.2, -0.15) is 11.8 Å². The van der Waals surface area contributed by atoms with Gasteiger partial charge in [-0.3, -0.25) is 9.59 Å². The first kappa shape index (κ1) is 14.2. The van der Waals surface area contributed by atoms with E-state index in [4.69, 9.17) is 0 Å². The Morgan fingerprint density at radius 3 is 2.58 bits per heavy atom. The summed E-state index contributed by atoms with van der Waals surface area (Å²) in [7, 11) is 0. The summed E-state index contributed by atoms with van der Waals surface area (Å²) in [5.74, 6) is -2.25. The van der Waals surface area contributed by atoms with Crippen molar-refractivity contribution in [3.05, 3.63) is 34.9 Å². The van der Waals surface area contributed by atoms with Gasteiger partial charge >= 0.3 is 0 Å². The summed E-state index contributed by atoms with van der Waals surface area (Å²) in [5, 5.41) is 0. The number of rotatable bonds is 6. The quantitative estimate of drug-likeness (QED) is 0.593. The average Bonchev–Trinajstić information content (AvgIpc) is 3.19. The lowest BCUT2D eigenvalue weighted by atomic mass is 9.99. The highest BCUT2D eigenvalue weighted by Crippen LogP contribution is 2.32. The van der Waals surface area contributed by atoms with Crippen LogP contribution in [0.25, 0.3) is 0 Å². The molecular formula is C14H14F2O2S. The Labute approximate surface area is 114 Å². The number of thioether (sulfide) groups is 1. The van der Waals surface area contributed by atoms with Gasteiger partial charge < -0.3 is 0 Å². The summed E-state index contributed by atoms with van der Waals surface area (Å²) in [6.07, 6.45) is 3.20. The Morgan fingerprint density at radius 1 is 1.32 bits per heavy atom. The minimum Gasteiger partial charge on any atom is -0.299 e. The second kappa shape index (κ2) is 5.82. The number of carbonyl (C=O) groups is 2. The zero-order chi connectivity index (χ0) is 14.0. The molecule has 1 aliphatic rings. The lowest BCUT2D eigenvalue weighted by Crippen LogP contribution is -2.13. The Morgan fingerprint density at radius 2 is 2.00 bits per heavy atom. The molecule has 0 N–H and O–H groups in total. The van der Waals surface area contributed by atoms with Crippen LogP contribution in [-0.4, -0.2) is 17.8 Å². The van der Waals surface area contributed by atoms with Crippen LogP contribution in [0.5, 0.6) is 0 Å². The molecule has 0 aliphatic heterocycles. The lowest BCUT2D eigenvalue weighted by molar-refractivity contribution is -0.119. The van der Waals surface area contributed by atoms with Gasteiger partial charge in [0.15, 0.2) is 17.4 Å². The molecule has 0 atom stereocenters. The van der Waals surface area contributed by atoms with E-state index in [9.17, 15) is 18.4 Å². The molecule has 102 valence electrons. The Balaban J connectivity index is 2.24. The van der Waals surface area contributed by atoms with Crippen LogP contribution in [-0.2, 0) is 10.5 Å². The first-order chi connectivity index (χ1) is 9.04. The van der Waals surface area contributed by atoms with E-state index in [0.29, 0.717) is 0 Å². The second-order valence-electron chi connectivity index (χ2n) is 4.66. The Bertz CT molecular complexity index is 524. The number of hydrogen-bond donors (Lipinski definition) is 0. The fraction of sp³-hybridized carbons (Fsp3) is 0.429. The Hall–Kier alpha value is -1.23. The van der Waals surface area contributed by atoms with Crippen LogP contribution in [0, 0.1) is 17.6 Å². The highest BCUT2D eigenvalue weighted by atomic mass is 32.2. The third-order valence-electron chi connectivity index (χ3n) is 3.15. The standard InChI is InChI=1S/C14H14F2O2S/c1-19-7-10-9(4-5-11(15)14(10)16)13(18)6-12(17)8-2-3-8/h4-5,8H,2-3,6-7H2,1H3. The van der Waals surface area contributed by atoms with E-state index in [1.165, 1.54) is 17.8 Å². The monoisotopic (exact) mass is 284 g/mol. The lowest BCUT2D eigenvalue weighted by Gasteiger charge is -2.09. The number of benzene rings is 1. The summed E-state index contributed by atoms with van der Waals surface area (Å²) < 4.78 is 26.9.